The van der Waals surface area contributed by atoms with Crippen molar-refractivity contribution in [1.29, 1.82) is 5.26 Å². The SMILES string of the molecule is Cc1ccc(NC(=O)CSc2nc(C)cc(C)c2C#N)c(C)c1. The van der Waals surface area contributed by atoms with Crippen LogP contribution in [-0.2, 0) is 4.79 Å². The number of aryl methyl sites for hydroxylation is 4. The van der Waals surface area contributed by atoms with Crippen LogP contribution in [0.3, 0.4) is 0 Å². The van der Waals surface area contributed by atoms with Gasteiger partial charge in [-0.25, -0.2) is 4.98 Å². The number of nitrogens with zero attached hydrogens (tertiary/aromatic N) is 2. The van der Waals surface area contributed by atoms with Gasteiger partial charge >= 0.3 is 0 Å². The van der Waals surface area contributed by atoms with Gasteiger partial charge in [0.25, 0.3) is 0 Å². The lowest BCUT2D eigenvalue weighted by Crippen LogP contribution is -2.15. The molecule has 1 N–H and O–H groups in total. The Kier molecular flexibility index (Phi) is 5.41. The predicted octanol–water partition coefficient (Wildman–Crippen LogP) is 3.92. The number of hydrogen-bond acceptors (Lipinski definition) is 4. The first kappa shape index (κ1) is 17.0. The van der Waals surface area contributed by atoms with Gasteiger partial charge in [-0.15, -0.1) is 0 Å². The number of thioether (sulfide) groups is 1. The van der Waals surface area contributed by atoms with Gasteiger partial charge in [-0.2, -0.15) is 5.26 Å². The summed E-state index contributed by atoms with van der Waals surface area (Å²) in [5.74, 6) is 0.115. The molecule has 1 aromatic heterocycles. The molecular weight excluding hydrogens is 306 g/mol. The quantitative estimate of drug-likeness (QED) is 0.865. The molecule has 0 bridgehead atoms. The zero-order chi connectivity index (χ0) is 17.0. The first-order valence-electron chi connectivity index (χ1n) is 7.29. The summed E-state index contributed by atoms with van der Waals surface area (Å²) < 4.78 is 0. The fraction of sp³-hybridized carbons (Fsp3) is 0.278. The minimum atomic E-state index is -0.105. The Labute approximate surface area is 140 Å². The molecule has 0 saturated carbocycles. The summed E-state index contributed by atoms with van der Waals surface area (Å²) >= 11 is 1.29. The number of pyridine rings is 1. The first-order valence-corrected chi connectivity index (χ1v) is 8.27. The van der Waals surface area contributed by atoms with E-state index < -0.39 is 0 Å². The third-order valence-electron chi connectivity index (χ3n) is 3.42. The van der Waals surface area contributed by atoms with Crippen molar-refractivity contribution in [3.05, 3.63) is 52.2 Å². The number of nitrogens with one attached hydrogen (secondary N) is 1. The van der Waals surface area contributed by atoms with Gasteiger partial charge in [-0.05, 0) is 51.0 Å². The van der Waals surface area contributed by atoms with Crippen molar-refractivity contribution in [2.75, 3.05) is 11.1 Å². The van der Waals surface area contributed by atoms with E-state index in [1.54, 1.807) is 0 Å². The zero-order valence-electron chi connectivity index (χ0n) is 13.7. The Morgan fingerprint density at radius 2 is 1.96 bits per heavy atom. The van der Waals surface area contributed by atoms with Crippen molar-refractivity contribution in [1.82, 2.24) is 4.98 Å². The Morgan fingerprint density at radius 3 is 2.61 bits per heavy atom. The summed E-state index contributed by atoms with van der Waals surface area (Å²) in [6.07, 6.45) is 0. The van der Waals surface area contributed by atoms with E-state index in [9.17, 15) is 10.1 Å². The highest BCUT2D eigenvalue weighted by Crippen LogP contribution is 2.24. The van der Waals surface area contributed by atoms with Crippen LogP contribution in [0.5, 0.6) is 0 Å². The van der Waals surface area contributed by atoms with Crippen LogP contribution in [0.4, 0.5) is 5.69 Å². The van der Waals surface area contributed by atoms with Gasteiger partial charge in [0.1, 0.15) is 11.1 Å². The third-order valence-corrected chi connectivity index (χ3v) is 4.39. The maximum atomic E-state index is 12.1. The van der Waals surface area contributed by atoms with E-state index in [4.69, 9.17) is 0 Å². The van der Waals surface area contributed by atoms with Gasteiger partial charge in [0.2, 0.25) is 5.91 Å². The largest absolute Gasteiger partial charge is 0.325 e. The van der Waals surface area contributed by atoms with E-state index >= 15 is 0 Å². The molecule has 0 unspecified atom stereocenters. The predicted molar refractivity (Wildman–Crippen MR) is 93.7 cm³/mol. The molecule has 0 atom stereocenters. The van der Waals surface area contributed by atoms with Crippen LogP contribution < -0.4 is 5.32 Å². The fourth-order valence-corrected chi connectivity index (χ4v) is 3.22. The highest BCUT2D eigenvalue weighted by Gasteiger charge is 2.12. The standard InChI is InChI=1S/C18H19N3OS/c1-11-5-6-16(13(3)7-11)21-17(22)10-23-18-15(9-19)12(2)8-14(4)20-18/h5-8H,10H2,1-4H3,(H,21,22). The number of amides is 1. The molecule has 0 spiro atoms. The normalized spacial score (nSPS) is 10.2. The van der Waals surface area contributed by atoms with Crippen LogP contribution in [-0.4, -0.2) is 16.6 Å². The van der Waals surface area contributed by atoms with Crippen LogP contribution in [0.15, 0.2) is 29.3 Å². The molecule has 5 heteroatoms. The van der Waals surface area contributed by atoms with Crippen molar-refractivity contribution in [3.63, 3.8) is 0 Å². The molecule has 0 aliphatic rings. The van der Waals surface area contributed by atoms with Gasteiger partial charge in [0.05, 0.1) is 11.3 Å². The molecule has 2 rings (SSSR count). The molecule has 118 valence electrons. The molecule has 0 aliphatic heterocycles. The molecule has 23 heavy (non-hydrogen) atoms. The summed E-state index contributed by atoms with van der Waals surface area (Å²) in [4.78, 5) is 16.5. The number of nitriles is 1. The number of hydrogen-bond donors (Lipinski definition) is 1. The molecule has 1 heterocycles. The van der Waals surface area contributed by atoms with E-state index in [2.05, 4.69) is 16.4 Å². The molecule has 4 nitrogen and oxygen atoms in total. The highest BCUT2D eigenvalue weighted by molar-refractivity contribution is 8.00. The topological polar surface area (TPSA) is 65.8 Å². The summed E-state index contributed by atoms with van der Waals surface area (Å²) in [6.45, 7) is 7.75. The van der Waals surface area contributed by atoms with Gasteiger partial charge in [-0.3, -0.25) is 4.79 Å². The Hall–Kier alpha value is -2.32. The second-order valence-electron chi connectivity index (χ2n) is 5.53. The first-order chi connectivity index (χ1) is 10.9. The van der Waals surface area contributed by atoms with Gasteiger partial charge in [0, 0.05) is 11.4 Å². The maximum absolute atomic E-state index is 12.1. The summed E-state index contributed by atoms with van der Waals surface area (Å²) in [6, 6.07) is 9.94. The number of carbonyl (C=O) groups excluding carboxylic acids is 1. The van der Waals surface area contributed by atoms with E-state index in [0.29, 0.717) is 10.6 Å². The highest BCUT2D eigenvalue weighted by atomic mass is 32.2. The lowest BCUT2D eigenvalue weighted by molar-refractivity contribution is -0.113. The number of aromatic nitrogens is 1. The summed E-state index contributed by atoms with van der Waals surface area (Å²) in [5.41, 5.74) is 5.28. The lowest BCUT2D eigenvalue weighted by atomic mass is 10.1. The maximum Gasteiger partial charge on any atom is 0.234 e. The minimum Gasteiger partial charge on any atom is -0.325 e. The summed E-state index contributed by atoms with van der Waals surface area (Å²) in [7, 11) is 0. The third kappa shape index (κ3) is 4.33. The average Bonchev–Trinajstić information content (AvgIpc) is 2.47. The molecule has 0 fully saturated rings. The number of anilines is 1. The van der Waals surface area contributed by atoms with Gasteiger partial charge < -0.3 is 5.32 Å². The Morgan fingerprint density at radius 1 is 1.22 bits per heavy atom. The van der Waals surface area contributed by atoms with Gasteiger partial charge in [-0.1, -0.05) is 29.5 Å². The second kappa shape index (κ2) is 7.30. The molecular formula is C18H19N3OS. The van der Waals surface area contributed by atoms with E-state index in [1.165, 1.54) is 11.8 Å². The number of benzene rings is 1. The monoisotopic (exact) mass is 325 g/mol. The van der Waals surface area contributed by atoms with Crippen LogP contribution in [0.25, 0.3) is 0 Å². The molecule has 0 aliphatic carbocycles. The Bertz CT molecular complexity index is 794. The van der Waals surface area contributed by atoms with Crippen LogP contribution in [0.1, 0.15) is 27.9 Å². The van der Waals surface area contributed by atoms with Gasteiger partial charge in [0.15, 0.2) is 0 Å². The van der Waals surface area contributed by atoms with Crippen molar-refractivity contribution < 1.29 is 4.79 Å². The van der Waals surface area contributed by atoms with Crippen molar-refractivity contribution >= 4 is 23.4 Å². The number of carbonyl (C=O) groups is 1. The fourth-order valence-electron chi connectivity index (χ4n) is 2.32. The van der Waals surface area contributed by atoms with Crippen LogP contribution in [0, 0.1) is 39.0 Å². The molecule has 2 aromatic rings. The second-order valence-corrected chi connectivity index (χ2v) is 6.49. The van der Waals surface area contributed by atoms with Crippen molar-refractivity contribution in [2.24, 2.45) is 0 Å². The van der Waals surface area contributed by atoms with E-state index in [0.717, 1.165) is 28.1 Å². The molecule has 0 radical (unpaired) electrons. The van der Waals surface area contributed by atoms with Crippen molar-refractivity contribution in [3.8, 4) is 6.07 Å². The van der Waals surface area contributed by atoms with Crippen LogP contribution >= 0.6 is 11.8 Å². The molecule has 1 aromatic carbocycles. The zero-order valence-corrected chi connectivity index (χ0v) is 14.5. The lowest BCUT2D eigenvalue weighted by Gasteiger charge is -2.10. The Balaban J connectivity index is 2.07. The van der Waals surface area contributed by atoms with E-state index in [-0.39, 0.29) is 11.7 Å². The molecule has 0 saturated heterocycles. The number of rotatable bonds is 4. The average molecular weight is 325 g/mol. The van der Waals surface area contributed by atoms with Crippen molar-refractivity contribution in [2.45, 2.75) is 32.7 Å². The minimum absolute atomic E-state index is 0.105. The molecule has 1 amide bonds. The summed E-state index contributed by atoms with van der Waals surface area (Å²) in [5, 5.41) is 12.8. The smallest absolute Gasteiger partial charge is 0.234 e. The van der Waals surface area contributed by atoms with Crippen LogP contribution in [0.2, 0.25) is 0 Å². The van der Waals surface area contributed by atoms with E-state index in [1.807, 2.05) is 52.0 Å².